The molecule has 1 unspecified atom stereocenters. The number of benzene rings is 1. The Morgan fingerprint density at radius 3 is 2.75 bits per heavy atom. The van der Waals surface area contributed by atoms with Gasteiger partial charge in [0.15, 0.2) is 0 Å². The molecule has 0 aliphatic heterocycles. The zero-order chi connectivity index (χ0) is 12.1. The third-order valence-corrected chi connectivity index (χ3v) is 3.05. The quantitative estimate of drug-likeness (QED) is 0.781. The summed E-state index contributed by atoms with van der Waals surface area (Å²) in [4.78, 5) is 0. The fraction of sp³-hybridized carbons (Fsp3) is 0.333. The number of anilines is 1. The van der Waals surface area contributed by atoms with E-state index < -0.39 is 10.8 Å². The van der Waals surface area contributed by atoms with Crippen LogP contribution in [-0.2, 0) is 16.6 Å². The molecule has 0 aliphatic rings. The molecule has 0 aromatic heterocycles. The van der Waals surface area contributed by atoms with Gasteiger partial charge in [0.2, 0.25) is 0 Å². The summed E-state index contributed by atoms with van der Waals surface area (Å²) in [7, 11) is -0.870. The van der Waals surface area contributed by atoms with Gasteiger partial charge in [-0.05, 0) is 35.8 Å². The molecule has 3 nitrogen and oxygen atoms in total. The maximum atomic E-state index is 11.3. The van der Waals surface area contributed by atoms with Gasteiger partial charge in [0.25, 0.3) is 0 Å². The molecule has 16 heavy (non-hydrogen) atoms. The Kier molecular flexibility index (Phi) is 4.71. The van der Waals surface area contributed by atoms with Crippen molar-refractivity contribution in [2.45, 2.75) is 12.7 Å². The van der Waals surface area contributed by atoms with Gasteiger partial charge in [-0.25, -0.2) is 0 Å². The van der Waals surface area contributed by atoms with Gasteiger partial charge in [0.05, 0.1) is 0 Å². The zero-order valence-electron chi connectivity index (χ0n) is 9.69. The van der Waals surface area contributed by atoms with Crippen LogP contribution in [-0.4, -0.2) is 17.0 Å². The van der Waals surface area contributed by atoms with Crippen LogP contribution in [0.5, 0.6) is 0 Å². The van der Waals surface area contributed by atoms with Crippen molar-refractivity contribution in [1.29, 1.82) is 0 Å². The van der Waals surface area contributed by atoms with Crippen LogP contribution in [0.25, 0.3) is 5.57 Å². The molecule has 88 valence electrons. The van der Waals surface area contributed by atoms with Crippen LogP contribution in [0, 0.1) is 0 Å². The normalized spacial score (nSPS) is 13.8. The number of allylic oxidation sites excluding steroid dienone is 1. The summed E-state index contributed by atoms with van der Waals surface area (Å²) in [5.74, 6) is 0.524. The molecule has 1 aromatic carbocycles. The van der Waals surface area contributed by atoms with Crippen molar-refractivity contribution in [1.82, 2.24) is 0 Å². The second-order valence-corrected chi connectivity index (χ2v) is 5.19. The summed E-state index contributed by atoms with van der Waals surface area (Å²) in [5.41, 5.74) is 15.1. The molecule has 0 spiro atoms. The maximum Gasteiger partial charge on any atom is 0.0489 e. The van der Waals surface area contributed by atoms with E-state index in [-0.39, 0.29) is 0 Å². The summed E-state index contributed by atoms with van der Waals surface area (Å²) in [5, 5.41) is 0. The van der Waals surface area contributed by atoms with E-state index in [1.165, 1.54) is 0 Å². The van der Waals surface area contributed by atoms with E-state index in [0.29, 0.717) is 18.0 Å². The highest BCUT2D eigenvalue weighted by atomic mass is 32.2. The molecule has 4 N–H and O–H groups in total. The van der Waals surface area contributed by atoms with Gasteiger partial charge in [0, 0.05) is 35.0 Å². The van der Waals surface area contributed by atoms with Crippen molar-refractivity contribution in [3.05, 3.63) is 35.4 Å². The van der Waals surface area contributed by atoms with Gasteiger partial charge in [-0.3, -0.25) is 4.21 Å². The van der Waals surface area contributed by atoms with E-state index in [0.717, 1.165) is 16.7 Å². The summed E-state index contributed by atoms with van der Waals surface area (Å²) >= 11 is 0. The van der Waals surface area contributed by atoms with Gasteiger partial charge >= 0.3 is 0 Å². The van der Waals surface area contributed by atoms with E-state index in [1.807, 2.05) is 31.2 Å². The molecule has 1 rings (SSSR count). The molecule has 4 heteroatoms. The number of rotatable bonds is 4. The summed E-state index contributed by atoms with van der Waals surface area (Å²) in [6.07, 6.45) is 3.64. The van der Waals surface area contributed by atoms with Gasteiger partial charge in [-0.15, -0.1) is 0 Å². The molecule has 0 saturated heterocycles. The van der Waals surface area contributed by atoms with Gasteiger partial charge in [0.1, 0.15) is 0 Å². The predicted octanol–water partition coefficient (Wildman–Crippen LogP) is 1.51. The van der Waals surface area contributed by atoms with Gasteiger partial charge in [-0.2, -0.15) is 0 Å². The van der Waals surface area contributed by atoms with Crippen LogP contribution in [0.2, 0.25) is 0 Å². The van der Waals surface area contributed by atoms with Crippen molar-refractivity contribution in [2.75, 3.05) is 18.5 Å². The molecular weight excluding hydrogens is 220 g/mol. The molecule has 0 saturated carbocycles. The largest absolute Gasteiger partial charge is 0.399 e. The van der Waals surface area contributed by atoms with Crippen LogP contribution in [0.4, 0.5) is 5.69 Å². The van der Waals surface area contributed by atoms with E-state index in [4.69, 9.17) is 11.5 Å². The molecule has 1 atom stereocenters. The van der Waals surface area contributed by atoms with Crippen molar-refractivity contribution in [2.24, 2.45) is 5.73 Å². The first kappa shape index (κ1) is 12.9. The molecule has 1 aromatic rings. The first-order valence-electron chi connectivity index (χ1n) is 5.10. The highest BCUT2D eigenvalue weighted by Crippen LogP contribution is 2.22. The lowest BCUT2D eigenvalue weighted by Crippen LogP contribution is -2.00. The average Bonchev–Trinajstić information content (AvgIpc) is 2.16. The first-order chi connectivity index (χ1) is 7.54. The highest BCUT2D eigenvalue weighted by Gasteiger charge is 2.06. The monoisotopic (exact) mass is 238 g/mol. The summed E-state index contributed by atoms with van der Waals surface area (Å²) in [6.45, 7) is 2.51. The molecule has 0 bridgehead atoms. The first-order valence-corrected chi connectivity index (χ1v) is 6.83. The molecule has 0 aliphatic carbocycles. The maximum absolute atomic E-state index is 11.3. The fourth-order valence-electron chi connectivity index (χ4n) is 1.62. The Bertz CT molecular complexity index is 427. The lowest BCUT2D eigenvalue weighted by molar-refractivity contribution is 0.686. The van der Waals surface area contributed by atoms with Crippen molar-refractivity contribution in [3.8, 4) is 0 Å². The molecule has 0 heterocycles. The number of nitrogen functional groups attached to an aromatic ring is 1. The standard InChI is InChI=1S/C12H18N2OS/c1-9(5-6-13)12-4-3-11(14)7-10(12)8-16(2)15/h3-5,7H,6,8,13-14H2,1-2H3/b9-5+. The second kappa shape index (κ2) is 5.82. The Balaban J connectivity index is 3.16. The molecular formula is C12H18N2OS. The van der Waals surface area contributed by atoms with Crippen molar-refractivity contribution in [3.63, 3.8) is 0 Å². The fourth-order valence-corrected chi connectivity index (χ4v) is 2.30. The predicted molar refractivity (Wildman–Crippen MR) is 71.3 cm³/mol. The average molecular weight is 238 g/mol. The zero-order valence-corrected chi connectivity index (χ0v) is 10.5. The Hall–Kier alpha value is -1.13. The van der Waals surface area contributed by atoms with Crippen LogP contribution >= 0.6 is 0 Å². The SMILES string of the molecule is C/C(=C\CN)c1ccc(N)cc1CS(C)=O. The molecule has 0 fully saturated rings. The molecule has 0 radical (unpaired) electrons. The Morgan fingerprint density at radius 2 is 2.19 bits per heavy atom. The van der Waals surface area contributed by atoms with Crippen molar-refractivity contribution >= 4 is 22.1 Å². The van der Waals surface area contributed by atoms with Crippen LogP contribution in [0.15, 0.2) is 24.3 Å². The minimum absolute atomic E-state index is 0.505. The van der Waals surface area contributed by atoms with Crippen LogP contribution in [0.3, 0.4) is 0 Å². The minimum atomic E-state index is -0.870. The summed E-state index contributed by atoms with van der Waals surface area (Å²) < 4.78 is 11.3. The third-order valence-electron chi connectivity index (χ3n) is 2.34. The van der Waals surface area contributed by atoms with Crippen LogP contribution < -0.4 is 11.5 Å². The summed E-state index contributed by atoms with van der Waals surface area (Å²) in [6, 6.07) is 5.69. The minimum Gasteiger partial charge on any atom is -0.399 e. The highest BCUT2D eigenvalue weighted by molar-refractivity contribution is 7.83. The smallest absolute Gasteiger partial charge is 0.0489 e. The van der Waals surface area contributed by atoms with E-state index >= 15 is 0 Å². The lowest BCUT2D eigenvalue weighted by atomic mass is 10.0. The third kappa shape index (κ3) is 3.47. The van der Waals surface area contributed by atoms with Gasteiger partial charge < -0.3 is 11.5 Å². The van der Waals surface area contributed by atoms with Gasteiger partial charge in [-0.1, -0.05) is 12.1 Å². The second-order valence-electron chi connectivity index (χ2n) is 3.76. The van der Waals surface area contributed by atoms with E-state index in [1.54, 1.807) is 6.26 Å². The Morgan fingerprint density at radius 1 is 1.50 bits per heavy atom. The number of nitrogens with two attached hydrogens (primary N) is 2. The number of hydrogen-bond donors (Lipinski definition) is 2. The Labute approximate surface area is 99.0 Å². The molecule has 0 amide bonds. The lowest BCUT2D eigenvalue weighted by Gasteiger charge is -2.10. The van der Waals surface area contributed by atoms with E-state index in [9.17, 15) is 4.21 Å². The van der Waals surface area contributed by atoms with Crippen molar-refractivity contribution < 1.29 is 4.21 Å². The number of hydrogen-bond acceptors (Lipinski definition) is 3. The van der Waals surface area contributed by atoms with E-state index in [2.05, 4.69) is 0 Å². The van der Waals surface area contributed by atoms with Crippen LogP contribution in [0.1, 0.15) is 18.1 Å². The topological polar surface area (TPSA) is 69.1 Å².